The van der Waals surface area contributed by atoms with Crippen molar-refractivity contribution in [2.45, 2.75) is 18.8 Å². The number of benzene rings is 2. The van der Waals surface area contributed by atoms with Gasteiger partial charge in [0, 0.05) is 17.0 Å². The van der Waals surface area contributed by atoms with E-state index in [0.717, 1.165) is 28.3 Å². The van der Waals surface area contributed by atoms with Gasteiger partial charge in [-0.25, -0.2) is 9.97 Å². The fourth-order valence-corrected chi connectivity index (χ4v) is 2.50. The maximum Gasteiger partial charge on any atom is 0.132 e. The number of hydrogen-bond acceptors (Lipinski definition) is 2. The molecular formula is C19H16N2. The van der Waals surface area contributed by atoms with Gasteiger partial charge in [-0.3, -0.25) is 0 Å². The largest absolute Gasteiger partial charge is 0.233 e. The van der Waals surface area contributed by atoms with Crippen molar-refractivity contribution >= 4 is 0 Å². The molecule has 2 nitrogen and oxygen atoms in total. The van der Waals surface area contributed by atoms with Crippen molar-refractivity contribution in [1.82, 2.24) is 9.97 Å². The van der Waals surface area contributed by atoms with Gasteiger partial charge in [0.05, 0.1) is 11.4 Å². The summed E-state index contributed by atoms with van der Waals surface area (Å²) in [5, 5.41) is 0. The third-order valence-electron chi connectivity index (χ3n) is 3.83. The van der Waals surface area contributed by atoms with Crippen LogP contribution in [-0.4, -0.2) is 9.97 Å². The lowest BCUT2D eigenvalue weighted by Gasteiger charge is -2.08. The second kappa shape index (κ2) is 5.13. The Balaban J connectivity index is 1.86. The van der Waals surface area contributed by atoms with Gasteiger partial charge in [0.25, 0.3) is 0 Å². The highest BCUT2D eigenvalue weighted by Gasteiger charge is 2.27. The van der Waals surface area contributed by atoms with Gasteiger partial charge in [0.2, 0.25) is 0 Å². The highest BCUT2D eigenvalue weighted by Crippen LogP contribution is 2.39. The predicted octanol–water partition coefficient (Wildman–Crippen LogP) is 4.69. The van der Waals surface area contributed by atoms with Crippen LogP contribution in [0.4, 0.5) is 0 Å². The van der Waals surface area contributed by atoms with E-state index < -0.39 is 0 Å². The molecule has 102 valence electrons. The molecule has 1 heterocycles. The van der Waals surface area contributed by atoms with E-state index >= 15 is 0 Å². The zero-order chi connectivity index (χ0) is 14.1. The molecule has 1 fully saturated rings. The Morgan fingerprint density at radius 2 is 1.14 bits per heavy atom. The molecule has 2 aromatic carbocycles. The molecule has 0 N–H and O–H groups in total. The Kier molecular flexibility index (Phi) is 3.00. The van der Waals surface area contributed by atoms with E-state index in [4.69, 9.17) is 9.97 Å². The maximum absolute atomic E-state index is 4.78. The van der Waals surface area contributed by atoms with Crippen LogP contribution in [0.2, 0.25) is 0 Å². The number of hydrogen-bond donors (Lipinski definition) is 0. The summed E-state index contributed by atoms with van der Waals surface area (Å²) in [5.41, 5.74) is 4.34. The van der Waals surface area contributed by atoms with Crippen LogP contribution in [0.1, 0.15) is 24.6 Å². The Morgan fingerprint density at radius 3 is 1.57 bits per heavy atom. The molecule has 1 saturated carbocycles. The average molecular weight is 272 g/mol. The first kappa shape index (κ1) is 12.3. The summed E-state index contributed by atoms with van der Waals surface area (Å²) in [6, 6.07) is 22.8. The summed E-state index contributed by atoms with van der Waals surface area (Å²) in [5.74, 6) is 1.55. The molecule has 4 rings (SSSR count). The highest BCUT2D eigenvalue weighted by atomic mass is 14.9. The van der Waals surface area contributed by atoms with E-state index in [9.17, 15) is 0 Å². The van der Waals surface area contributed by atoms with Gasteiger partial charge < -0.3 is 0 Å². The Hall–Kier alpha value is -2.48. The summed E-state index contributed by atoms with van der Waals surface area (Å²) in [6.45, 7) is 0. The van der Waals surface area contributed by atoms with Crippen LogP contribution in [0.5, 0.6) is 0 Å². The molecule has 0 amide bonds. The molecule has 0 bridgehead atoms. The Labute approximate surface area is 124 Å². The second-order valence-corrected chi connectivity index (χ2v) is 5.50. The van der Waals surface area contributed by atoms with Gasteiger partial charge in [-0.1, -0.05) is 60.7 Å². The predicted molar refractivity (Wildman–Crippen MR) is 84.9 cm³/mol. The minimum absolute atomic E-state index is 0.552. The SMILES string of the molecule is c1ccc(-c2cc(-c3ccccc3)nc(C3CC3)n2)cc1. The first-order chi connectivity index (χ1) is 10.4. The van der Waals surface area contributed by atoms with Crippen molar-refractivity contribution in [3.05, 3.63) is 72.6 Å². The van der Waals surface area contributed by atoms with E-state index in [1.807, 2.05) is 12.1 Å². The summed E-state index contributed by atoms with van der Waals surface area (Å²) in [4.78, 5) is 9.56. The minimum atomic E-state index is 0.552. The molecule has 0 saturated heterocycles. The van der Waals surface area contributed by atoms with Crippen LogP contribution in [-0.2, 0) is 0 Å². The number of nitrogens with zero attached hydrogens (tertiary/aromatic N) is 2. The lowest BCUT2D eigenvalue weighted by Crippen LogP contribution is -1.97. The van der Waals surface area contributed by atoms with Gasteiger partial charge in [-0.2, -0.15) is 0 Å². The van der Waals surface area contributed by atoms with Crippen LogP contribution in [0, 0.1) is 0 Å². The molecule has 0 aliphatic heterocycles. The second-order valence-electron chi connectivity index (χ2n) is 5.50. The molecule has 3 aromatic rings. The normalized spacial score (nSPS) is 14.1. The van der Waals surface area contributed by atoms with E-state index in [1.165, 1.54) is 12.8 Å². The Bertz CT molecular complexity index is 689. The lowest BCUT2D eigenvalue weighted by atomic mass is 10.1. The zero-order valence-electron chi connectivity index (χ0n) is 11.7. The molecule has 0 unspecified atom stereocenters. The van der Waals surface area contributed by atoms with Crippen LogP contribution in [0.3, 0.4) is 0 Å². The molecule has 0 radical (unpaired) electrons. The maximum atomic E-state index is 4.78. The quantitative estimate of drug-likeness (QED) is 0.691. The van der Waals surface area contributed by atoms with Crippen molar-refractivity contribution in [1.29, 1.82) is 0 Å². The molecule has 1 aliphatic carbocycles. The summed E-state index contributed by atoms with van der Waals surface area (Å²) in [6.07, 6.45) is 2.43. The summed E-state index contributed by atoms with van der Waals surface area (Å²) in [7, 11) is 0. The topological polar surface area (TPSA) is 25.8 Å². The minimum Gasteiger partial charge on any atom is -0.233 e. The standard InChI is InChI=1S/C19H16N2/c1-3-7-14(8-4-1)17-13-18(15-9-5-2-6-10-15)21-19(20-17)16-11-12-16/h1-10,13,16H,11-12H2. The average Bonchev–Trinajstić information content (AvgIpc) is 3.41. The smallest absolute Gasteiger partial charge is 0.132 e. The van der Waals surface area contributed by atoms with Crippen molar-refractivity contribution < 1.29 is 0 Å². The van der Waals surface area contributed by atoms with Crippen LogP contribution in [0.15, 0.2) is 66.7 Å². The summed E-state index contributed by atoms with van der Waals surface area (Å²) >= 11 is 0. The first-order valence-corrected chi connectivity index (χ1v) is 7.40. The molecule has 21 heavy (non-hydrogen) atoms. The third kappa shape index (κ3) is 2.57. The van der Waals surface area contributed by atoms with Gasteiger partial charge in [0.15, 0.2) is 0 Å². The zero-order valence-corrected chi connectivity index (χ0v) is 11.7. The summed E-state index contributed by atoms with van der Waals surface area (Å²) < 4.78 is 0. The molecule has 1 aromatic heterocycles. The van der Waals surface area contributed by atoms with E-state index in [2.05, 4.69) is 54.6 Å². The van der Waals surface area contributed by atoms with Gasteiger partial charge in [-0.15, -0.1) is 0 Å². The molecular weight excluding hydrogens is 256 g/mol. The monoisotopic (exact) mass is 272 g/mol. The van der Waals surface area contributed by atoms with Crippen molar-refractivity contribution in [3.8, 4) is 22.5 Å². The first-order valence-electron chi connectivity index (χ1n) is 7.40. The molecule has 1 aliphatic rings. The lowest BCUT2D eigenvalue weighted by molar-refractivity contribution is 0.934. The van der Waals surface area contributed by atoms with E-state index in [-0.39, 0.29) is 0 Å². The fourth-order valence-electron chi connectivity index (χ4n) is 2.50. The van der Waals surface area contributed by atoms with Crippen molar-refractivity contribution in [2.75, 3.05) is 0 Å². The third-order valence-corrected chi connectivity index (χ3v) is 3.83. The van der Waals surface area contributed by atoms with Crippen molar-refractivity contribution in [3.63, 3.8) is 0 Å². The van der Waals surface area contributed by atoms with E-state index in [0.29, 0.717) is 5.92 Å². The van der Waals surface area contributed by atoms with E-state index in [1.54, 1.807) is 0 Å². The molecule has 0 atom stereocenters. The van der Waals surface area contributed by atoms with Gasteiger partial charge in [0.1, 0.15) is 5.82 Å². The number of aromatic nitrogens is 2. The fraction of sp³-hybridized carbons (Fsp3) is 0.158. The number of rotatable bonds is 3. The van der Waals surface area contributed by atoms with Gasteiger partial charge >= 0.3 is 0 Å². The van der Waals surface area contributed by atoms with Crippen molar-refractivity contribution in [2.24, 2.45) is 0 Å². The van der Waals surface area contributed by atoms with Crippen LogP contribution in [0.25, 0.3) is 22.5 Å². The Morgan fingerprint density at radius 1 is 0.667 bits per heavy atom. The van der Waals surface area contributed by atoms with Crippen LogP contribution < -0.4 is 0 Å². The molecule has 2 heteroatoms. The van der Waals surface area contributed by atoms with Crippen LogP contribution >= 0.6 is 0 Å². The van der Waals surface area contributed by atoms with Gasteiger partial charge in [-0.05, 0) is 18.9 Å². The molecule has 0 spiro atoms. The highest BCUT2D eigenvalue weighted by molar-refractivity contribution is 5.67.